The Hall–Kier alpha value is -1.51. The van der Waals surface area contributed by atoms with Crippen molar-refractivity contribution in [2.75, 3.05) is 40.8 Å². The largest absolute Gasteiger partial charge is 0.356 e. The summed E-state index contributed by atoms with van der Waals surface area (Å²) in [5, 5.41) is 2.90. The predicted octanol–water partition coefficient (Wildman–Crippen LogP) is 1.93. The molecule has 8 heteroatoms. The van der Waals surface area contributed by atoms with Crippen LogP contribution in [-0.2, 0) is 14.8 Å². The molecule has 0 saturated carbocycles. The number of hydrogen-bond donors (Lipinski definition) is 1. The SMILES string of the molecule is CN(C)CC(C)(C)CNC(=O)CCCN(C)S(=O)(=O)c1ccc(F)cc1. The summed E-state index contributed by atoms with van der Waals surface area (Å²) in [5.41, 5.74) is -0.0398. The van der Waals surface area contributed by atoms with Crippen molar-refractivity contribution in [3.05, 3.63) is 30.1 Å². The Labute approximate surface area is 156 Å². The van der Waals surface area contributed by atoms with Crippen molar-refractivity contribution >= 4 is 15.9 Å². The Morgan fingerprint density at radius 3 is 2.27 bits per heavy atom. The molecule has 1 rings (SSSR count). The minimum atomic E-state index is -3.67. The monoisotopic (exact) mass is 387 g/mol. The summed E-state index contributed by atoms with van der Waals surface area (Å²) in [4.78, 5) is 14.1. The first-order valence-corrected chi connectivity index (χ1v) is 10.0. The third kappa shape index (κ3) is 7.39. The number of sulfonamides is 1. The molecule has 0 aliphatic carbocycles. The molecule has 6 nitrogen and oxygen atoms in total. The normalized spacial score (nSPS) is 12.6. The molecule has 0 unspecified atom stereocenters. The van der Waals surface area contributed by atoms with E-state index in [4.69, 9.17) is 0 Å². The van der Waals surface area contributed by atoms with E-state index in [2.05, 4.69) is 24.1 Å². The van der Waals surface area contributed by atoms with Crippen LogP contribution in [0.25, 0.3) is 0 Å². The quantitative estimate of drug-likeness (QED) is 0.666. The average molecular weight is 388 g/mol. The van der Waals surface area contributed by atoms with Gasteiger partial charge in [0.2, 0.25) is 15.9 Å². The number of rotatable bonds is 10. The van der Waals surface area contributed by atoms with Crippen LogP contribution < -0.4 is 5.32 Å². The van der Waals surface area contributed by atoms with Crippen molar-refractivity contribution in [2.45, 2.75) is 31.6 Å². The molecular weight excluding hydrogens is 357 g/mol. The lowest BCUT2D eigenvalue weighted by Crippen LogP contribution is -2.40. The smallest absolute Gasteiger partial charge is 0.242 e. The van der Waals surface area contributed by atoms with E-state index in [1.54, 1.807) is 0 Å². The Morgan fingerprint density at radius 2 is 1.73 bits per heavy atom. The van der Waals surface area contributed by atoms with Gasteiger partial charge in [-0.05, 0) is 50.2 Å². The van der Waals surface area contributed by atoms with Crippen molar-refractivity contribution in [2.24, 2.45) is 5.41 Å². The van der Waals surface area contributed by atoms with E-state index >= 15 is 0 Å². The molecule has 148 valence electrons. The van der Waals surface area contributed by atoms with Crippen LogP contribution in [-0.4, -0.2) is 64.3 Å². The van der Waals surface area contributed by atoms with Crippen LogP contribution in [0.5, 0.6) is 0 Å². The van der Waals surface area contributed by atoms with Crippen LogP contribution in [0.2, 0.25) is 0 Å². The number of hydrogen-bond acceptors (Lipinski definition) is 4. The molecule has 0 radical (unpaired) electrons. The highest BCUT2D eigenvalue weighted by atomic mass is 32.2. The third-order valence-electron chi connectivity index (χ3n) is 3.91. The zero-order chi connectivity index (χ0) is 20.0. The first-order chi connectivity index (χ1) is 11.9. The van der Waals surface area contributed by atoms with Crippen molar-refractivity contribution in [1.82, 2.24) is 14.5 Å². The molecule has 0 heterocycles. The zero-order valence-corrected chi connectivity index (χ0v) is 17.1. The van der Waals surface area contributed by atoms with Gasteiger partial charge in [0.15, 0.2) is 0 Å². The second-order valence-corrected chi connectivity index (χ2v) is 9.61. The van der Waals surface area contributed by atoms with Gasteiger partial charge in [0.25, 0.3) is 0 Å². The topological polar surface area (TPSA) is 69.7 Å². The molecule has 1 amide bonds. The van der Waals surface area contributed by atoms with Gasteiger partial charge in [-0.15, -0.1) is 0 Å². The Bertz CT molecular complexity index is 688. The lowest BCUT2D eigenvalue weighted by Gasteiger charge is -2.28. The zero-order valence-electron chi connectivity index (χ0n) is 16.3. The lowest BCUT2D eigenvalue weighted by atomic mass is 9.93. The maximum absolute atomic E-state index is 12.9. The maximum Gasteiger partial charge on any atom is 0.242 e. The van der Waals surface area contributed by atoms with E-state index in [1.165, 1.54) is 23.5 Å². The lowest BCUT2D eigenvalue weighted by molar-refractivity contribution is -0.121. The highest BCUT2D eigenvalue weighted by Crippen LogP contribution is 2.16. The highest BCUT2D eigenvalue weighted by molar-refractivity contribution is 7.89. The van der Waals surface area contributed by atoms with E-state index in [0.29, 0.717) is 13.0 Å². The maximum atomic E-state index is 12.9. The van der Waals surface area contributed by atoms with Gasteiger partial charge in [-0.3, -0.25) is 4.79 Å². The van der Waals surface area contributed by atoms with Gasteiger partial charge < -0.3 is 10.2 Å². The molecule has 0 fully saturated rings. The van der Waals surface area contributed by atoms with Gasteiger partial charge in [0.05, 0.1) is 4.90 Å². The molecular formula is C18H30FN3O3S. The molecule has 0 saturated heterocycles. The molecule has 26 heavy (non-hydrogen) atoms. The Morgan fingerprint density at radius 1 is 1.15 bits per heavy atom. The molecule has 0 bridgehead atoms. The summed E-state index contributed by atoms with van der Waals surface area (Å²) in [5.74, 6) is -0.579. The van der Waals surface area contributed by atoms with Crippen LogP contribution in [0.3, 0.4) is 0 Å². The summed E-state index contributed by atoms with van der Waals surface area (Å²) in [6, 6.07) is 4.70. The van der Waals surface area contributed by atoms with Crippen LogP contribution in [0.15, 0.2) is 29.2 Å². The minimum Gasteiger partial charge on any atom is -0.356 e. The summed E-state index contributed by atoms with van der Waals surface area (Å²) in [6.07, 6.45) is 0.665. The second kappa shape index (κ2) is 9.43. The fourth-order valence-electron chi connectivity index (χ4n) is 2.71. The van der Waals surface area contributed by atoms with E-state index in [-0.39, 0.29) is 29.2 Å². The van der Waals surface area contributed by atoms with Crippen LogP contribution in [0.4, 0.5) is 4.39 Å². The van der Waals surface area contributed by atoms with Crippen molar-refractivity contribution in [1.29, 1.82) is 0 Å². The molecule has 1 aromatic carbocycles. The molecule has 1 N–H and O–H groups in total. The summed E-state index contributed by atoms with van der Waals surface area (Å²) in [7, 11) is 1.76. The first kappa shape index (κ1) is 22.5. The van der Waals surface area contributed by atoms with E-state index in [1.807, 2.05) is 14.1 Å². The van der Waals surface area contributed by atoms with Gasteiger partial charge in [0.1, 0.15) is 5.82 Å². The van der Waals surface area contributed by atoms with Gasteiger partial charge in [-0.2, -0.15) is 0 Å². The minimum absolute atomic E-state index is 0.0382. The molecule has 1 aromatic rings. The number of benzene rings is 1. The second-order valence-electron chi connectivity index (χ2n) is 7.56. The van der Waals surface area contributed by atoms with Gasteiger partial charge in [-0.25, -0.2) is 17.1 Å². The third-order valence-corrected chi connectivity index (χ3v) is 5.78. The van der Waals surface area contributed by atoms with Gasteiger partial charge >= 0.3 is 0 Å². The van der Waals surface area contributed by atoms with Gasteiger partial charge in [0, 0.05) is 33.1 Å². The average Bonchev–Trinajstić information content (AvgIpc) is 2.52. The number of carbonyl (C=O) groups excluding carboxylic acids is 1. The number of carbonyl (C=O) groups is 1. The van der Waals surface area contributed by atoms with Gasteiger partial charge in [-0.1, -0.05) is 13.8 Å². The first-order valence-electron chi connectivity index (χ1n) is 8.57. The molecule has 0 aliphatic rings. The molecule has 0 atom stereocenters. The fraction of sp³-hybridized carbons (Fsp3) is 0.611. The molecule has 0 aromatic heterocycles. The van der Waals surface area contributed by atoms with Crippen LogP contribution in [0, 0.1) is 11.2 Å². The summed E-state index contributed by atoms with van der Waals surface area (Å²) < 4.78 is 38.9. The van der Waals surface area contributed by atoms with E-state index in [0.717, 1.165) is 18.7 Å². The number of nitrogens with one attached hydrogen (secondary N) is 1. The highest BCUT2D eigenvalue weighted by Gasteiger charge is 2.22. The summed E-state index contributed by atoms with van der Waals surface area (Å²) in [6.45, 7) is 5.79. The standard InChI is InChI=1S/C18H30FN3O3S/c1-18(2,14-21(3)4)13-20-17(23)7-6-12-22(5)26(24,25)16-10-8-15(19)9-11-16/h8-11H,6-7,12-14H2,1-5H3,(H,20,23). The molecule has 0 aliphatic heterocycles. The van der Waals surface area contributed by atoms with Crippen molar-refractivity contribution in [3.63, 3.8) is 0 Å². The predicted molar refractivity (Wildman–Crippen MR) is 101 cm³/mol. The molecule has 0 spiro atoms. The van der Waals surface area contributed by atoms with Crippen molar-refractivity contribution < 1.29 is 17.6 Å². The van der Waals surface area contributed by atoms with Crippen molar-refractivity contribution in [3.8, 4) is 0 Å². The Balaban J connectivity index is 2.44. The number of amides is 1. The van der Waals surface area contributed by atoms with Crippen LogP contribution >= 0.6 is 0 Å². The fourth-order valence-corrected chi connectivity index (χ4v) is 3.92. The number of nitrogens with zero attached hydrogens (tertiary/aromatic N) is 2. The Kier molecular flexibility index (Phi) is 8.17. The van der Waals surface area contributed by atoms with E-state index in [9.17, 15) is 17.6 Å². The number of halogens is 1. The van der Waals surface area contributed by atoms with E-state index < -0.39 is 15.8 Å². The summed E-state index contributed by atoms with van der Waals surface area (Å²) >= 11 is 0. The van der Waals surface area contributed by atoms with Crippen LogP contribution in [0.1, 0.15) is 26.7 Å².